The Labute approximate surface area is 175 Å². The molecule has 30 heavy (non-hydrogen) atoms. The molecule has 4 rings (SSSR count). The molecule has 0 fully saturated rings. The van der Waals surface area contributed by atoms with Gasteiger partial charge >= 0.3 is 0 Å². The van der Waals surface area contributed by atoms with Gasteiger partial charge in [-0.3, -0.25) is 0 Å². The number of pyridine rings is 1. The number of anilines is 2. The second-order valence-corrected chi connectivity index (χ2v) is 6.78. The van der Waals surface area contributed by atoms with Crippen LogP contribution >= 0.6 is 0 Å². The van der Waals surface area contributed by atoms with Gasteiger partial charge in [-0.1, -0.05) is 36.4 Å². The van der Waals surface area contributed by atoms with Crippen molar-refractivity contribution in [1.82, 2.24) is 15.0 Å². The number of halogens is 1. The summed E-state index contributed by atoms with van der Waals surface area (Å²) in [5.74, 6) is 0.987. The average Bonchev–Trinajstić information content (AvgIpc) is 2.80. The number of rotatable bonds is 7. The molecule has 2 heterocycles. The number of nitrogens with zero attached hydrogens (tertiary/aromatic N) is 3. The first-order chi connectivity index (χ1) is 14.7. The predicted molar refractivity (Wildman–Crippen MR) is 119 cm³/mol. The largest absolute Gasteiger partial charge is 0.372 e. The van der Waals surface area contributed by atoms with E-state index in [2.05, 4.69) is 32.7 Å². The fourth-order valence-corrected chi connectivity index (χ4v) is 3.17. The normalized spacial score (nSPS) is 10.6. The molecule has 0 atom stereocenters. The summed E-state index contributed by atoms with van der Waals surface area (Å²) in [6.45, 7) is 0.741. The van der Waals surface area contributed by atoms with Gasteiger partial charge in [0.25, 0.3) is 0 Å². The third-order valence-electron chi connectivity index (χ3n) is 4.73. The number of hydrogen-bond donors (Lipinski definition) is 2. The first-order valence-electron chi connectivity index (χ1n) is 9.79. The van der Waals surface area contributed by atoms with Crippen LogP contribution in [0.15, 0.2) is 79.0 Å². The minimum atomic E-state index is -0.267. The molecule has 4 aromatic rings. The highest BCUT2D eigenvalue weighted by atomic mass is 19.1. The molecule has 6 heteroatoms. The highest BCUT2D eigenvalue weighted by Gasteiger charge is 2.11. The maximum atomic E-state index is 13.2. The molecule has 0 unspecified atom stereocenters. The van der Waals surface area contributed by atoms with Crippen LogP contribution in [0.25, 0.3) is 22.5 Å². The topological polar surface area (TPSA) is 62.7 Å². The molecule has 0 aliphatic rings. The Kier molecular flexibility index (Phi) is 5.94. The molecule has 2 aromatic carbocycles. The second-order valence-electron chi connectivity index (χ2n) is 6.78. The minimum absolute atomic E-state index is 0.267. The van der Waals surface area contributed by atoms with Gasteiger partial charge in [0.2, 0.25) is 5.95 Å². The molecular weight excluding hydrogens is 377 g/mol. The molecule has 0 spiro atoms. The Bertz CT molecular complexity index is 1110. The van der Waals surface area contributed by atoms with Gasteiger partial charge in [-0.2, -0.15) is 4.98 Å². The van der Waals surface area contributed by atoms with Crippen molar-refractivity contribution in [3.63, 3.8) is 0 Å². The molecule has 0 amide bonds. The zero-order valence-corrected chi connectivity index (χ0v) is 16.6. The van der Waals surface area contributed by atoms with E-state index in [1.807, 2.05) is 43.4 Å². The lowest BCUT2D eigenvalue weighted by Crippen LogP contribution is -2.09. The molecule has 0 saturated heterocycles. The molecule has 0 aliphatic heterocycles. The van der Waals surface area contributed by atoms with E-state index in [4.69, 9.17) is 4.98 Å². The first kappa shape index (κ1) is 19.5. The zero-order valence-electron chi connectivity index (χ0n) is 16.6. The van der Waals surface area contributed by atoms with E-state index in [-0.39, 0.29) is 5.82 Å². The summed E-state index contributed by atoms with van der Waals surface area (Å²) in [5.41, 5.74) is 4.42. The van der Waals surface area contributed by atoms with Crippen LogP contribution in [0.4, 0.5) is 16.2 Å². The summed E-state index contributed by atoms with van der Waals surface area (Å²) in [6.07, 6.45) is 2.66. The monoisotopic (exact) mass is 399 g/mol. The Hall–Kier alpha value is -3.80. The zero-order chi connectivity index (χ0) is 20.8. The fraction of sp³-hybridized carbons (Fsp3) is 0.125. The molecule has 5 nitrogen and oxygen atoms in total. The van der Waals surface area contributed by atoms with E-state index < -0.39 is 0 Å². The molecule has 0 radical (unpaired) electrons. The lowest BCUT2D eigenvalue weighted by atomic mass is 10.1. The van der Waals surface area contributed by atoms with Crippen LogP contribution < -0.4 is 10.6 Å². The van der Waals surface area contributed by atoms with Crippen LogP contribution in [-0.2, 0) is 6.42 Å². The van der Waals surface area contributed by atoms with Gasteiger partial charge in [-0.25, -0.2) is 14.4 Å². The van der Waals surface area contributed by atoms with Gasteiger partial charge in [0.1, 0.15) is 11.6 Å². The van der Waals surface area contributed by atoms with E-state index in [9.17, 15) is 4.39 Å². The lowest BCUT2D eigenvalue weighted by Gasteiger charge is -2.11. The predicted octanol–water partition coefficient (Wildman–Crippen LogP) is 5.04. The molecule has 2 N–H and O–H groups in total. The molecule has 150 valence electrons. The van der Waals surface area contributed by atoms with Crippen LogP contribution in [0, 0.1) is 5.82 Å². The van der Waals surface area contributed by atoms with Crippen LogP contribution in [-0.4, -0.2) is 28.5 Å². The molecule has 0 bridgehead atoms. The molecule has 0 aliphatic carbocycles. The summed E-state index contributed by atoms with van der Waals surface area (Å²) >= 11 is 0. The summed E-state index contributed by atoms with van der Waals surface area (Å²) in [6, 6.07) is 22.3. The van der Waals surface area contributed by atoms with Crippen molar-refractivity contribution in [3.8, 4) is 22.5 Å². The van der Waals surface area contributed by atoms with Crippen molar-refractivity contribution in [2.45, 2.75) is 6.42 Å². The van der Waals surface area contributed by atoms with Crippen molar-refractivity contribution in [2.24, 2.45) is 0 Å². The standard InChI is InChI=1S/C24H22FN5/c1-26-23-20(16-28-24(30-23)27-15-14-17-6-3-2-4-7-17)22-9-5-8-21(29-22)18-10-12-19(25)13-11-18/h2-13,16H,14-15H2,1H3,(H2,26,27,28,30). The Morgan fingerprint density at radius 3 is 2.37 bits per heavy atom. The van der Waals surface area contributed by atoms with E-state index in [0.29, 0.717) is 11.8 Å². The van der Waals surface area contributed by atoms with E-state index in [0.717, 1.165) is 35.5 Å². The second kappa shape index (κ2) is 9.13. The summed E-state index contributed by atoms with van der Waals surface area (Å²) in [4.78, 5) is 13.8. The van der Waals surface area contributed by atoms with Crippen LogP contribution in [0.2, 0.25) is 0 Å². The summed E-state index contributed by atoms with van der Waals surface area (Å²) in [7, 11) is 1.82. The van der Waals surface area contributed by atoms with Crippen molar-refractivity contribution in [1.29, 1.82) is 0 Å². The lowest BCUT2D eigenvalue weighted by molar-refractivity contribution is 0.628. The van der Waals surface area contributed by atoms with Gasteiger partial charge in [0.15, 0.2) is 0 Å². The van der Waals surface area contributed by atoms with E-state index in [1.165, 1.54) is 17.7 Å². The fourth-order valence-electron chi connectivity index (χ4n) is 3.17. The number of nitrogens with one attached hydrogen (secondary N) is 2. The van der Waals surface area contributed by atoms with E-state index in [1.54, 1.807) is 18.3 Å². The van der Waals surface area contributed by atoms with Crippen molar-refractivity contribution < 1.29 is 4.39 Å². The summed E-state index contributed by atoms with van der Waals surface area (Å²) < 4.78 is 13.2. The van der Waals surface area contributed by atoms with Gasteiger partial charge in [0.05, 0.1) is 17.0 Å². The summed E-state index contributed by atoms with van der Waals surface area (Å²) in [5, 5.41) is 6.40. The van der Waals surface area contributed by atoms with Crippen LogP contribution in [0.3, 0.4) is 0 Å². The number of benzene rings is 2. The molecular formula is C24H22FN5. The van der Waals surface area contributed by atoms with Gasteiger partial charge < -0.3 is 10.6 Å². The minimum Gasteiger partial charge on any atom is -0.372 e. The van der Waals surface area contributed by atoms with Crippen LogP contribution in [0.5, 0.6) is 0 Å². The van der Waals surface area contributed by atoms with Crippen molar-refractivity contribution in [2.75, 3.05) is 24.2 Å². The highest BCUT2D eigenvalue weighted by molar-refractivity contribution is 5.74. The highest BCUT2D eigenvalue weighted by Crippen LogP contribution is 2.27. The van der Waals surface area contributed by atoms with Crippen molar-refractivity contribution >= 4 is 11.8 Å². The van der Waals surface area contributed by atoms with E-state index >= 15 is 0 Å². The van der Waals surface area contributed by atoms with Gasteiger partial charge in [0, 0.05) is 25.4 Å². The van der Waals surface area contributed by atoms with Crippen LogP contribution in [0.1, 0.15) is 5.56 Å². The quantitative estimate of drug-likeness (QED) is 0.456. The molecule has 2 aromatic heterocycles. The Morgan fingerprint density at radius 2 is 1.60 bits per heavy atom. The average molecular weight is 399 g/mol. The number of hydrogen-bond acceptors (Lipinski definition) is 5. The number of aromatic nitrogens is 3. The van der Waals surface area contributed by atoms with Crippen molar-refractivity contribution in [3.05, 3.63) is 90.4 Å². The maximum Gasteiger partial charge on any atom is 0.224 e. The van der Waals surface area contributed by atoms with Gasteiger partial charge in [-0.05, 0) is 48.4 Å². The SMILES string of the molecule is CNc1nc(NCCc2ccccc2)ncc1-c1cccc(-c2ccc(F)cc2)n1. The third-order valence-corrected chi connectivity index (χ3v) is 4.73. The maximum absolute atomic E-state index is 13.2. The Morgan fingerprint density at radius 1 is 0.833 bits per heavy atom. The molecule has 0 saturated carbocycles. The third kappa shape index (κ3) is 4.60. The first-order valence-corrected chi connectivity index (χ1v) is 9.79. The van der Waals surface area contributed by atoms with Gasteiger partial charge in [-0.15, -0.1) is 0 Å². The Balaban J connectivity index is 1.53. The smallest absolute Gasteiger partial charge is 0.224 e.